The number of fused-ring (bicyclic) bond motifs is 3. The first-order valence-electron chi connectivity index (χ1n) is 10.1. The Hall–Kier alpha value is -2.54. The van der Waals surface area contributed by atoms with E-state index in [9.17, 15) is 14.0 Å². The van der Waals surface area contributed by atoms with E-state index in [0.717, 1.165) is 40.6 Å². The van der Waals surface area contributed by atoms with Crippen LogP contribution in [0, 0.1) is 5.82 Å². The summed E-state index contributed by atoms with van der Waals surface area (Å²) < 4.78 is 15.0. The molecule has 0 atom stereocenters. The molecule has 29 heavy (non-hydrogen) atoms. The number of hydrogen-bond acceptors (Lipinski definition) is 4. The second kappa shape index (κ2) is 8.45. The Morgan fingerprint density at radius 3 is 2.93 bits per heavy atom. The molecule has 0 saturated heterocycles. The molecule has 0 spiro atoms. The van der Waals surface area contributed by atoms with Gasteiger partial charge >= 0.3 is 0 Å². The highest BCUT2D eigenvalue weighted by molar-refractivity contribution is 7.18. The SMILES string of the molecule is CCN(Cc1cccc(F)c1)C(=O)CCn1cnc2sc3c(c2c1=O)CCCC3. The summed E-state index contributed by atoms with van der Waals surface area (Å²) >= 11 is 1.63. The van der Waals surface area contributed by atoms with Gasteiger partial charge in [-0.3, -0.25) is 14.2 Å². The molecule has 1 amide bonds. The third-order valence-corrected chi connectivity index (χ3v) is 6.71. The molecular formula is C22H24FN3O2S. The molecule has 0 N–H and O–H groups in total. The van der Waals surface area contributed by atoms with Crippen LogP contribution in [-0.4, -0.2) is 26.9 Å². The summed E-state index contributed by atoms with van der Waals surface area (Å²) in [6.45, 7) is 3.08. The summed E-state index contributed by atoms with van der Waals surface area (Å²) in [6, 6.07) is 6.28. The van der Waals surface area contributed by atoms with Crippen LogP contribution in [0.5, 0.6) is 0 Å². The predicted molar refractivity (Wildman–Crippen MR) is 113 cm³/mol. The second-order valence-corrected chi connectivity index (χ2v) is 8.51. The van der Waals surface area contributed by atoms with Gasteiger partial charge in [-0.1, -0.05) is 12.1 Å². The Bertz CT molecular complexity index is 1110. The van der Waals surface area contributed by atoms with E-state index < -0.39 is 0 Å². The van der Waals surface area contributed by atoms with Gasteiger partial charge in [0.25, 0.3) is 5.56 Å². The Labute approximate surface area is 172 Å². The minimum absolute atomic E-state index is 0.0459. The second-order valence-electron chi connectivity index (χ2n) is 7.42. The molecule has 1 aliphatic carbocycles. The van der Waals surface area contributed by atoms with Gasteiger partial charge in [0.05, 0.1) is 11.7 Å². The largest absolute Gasteiger partial charge is 0.339 e. The molecule has 0 bridgehead atoms. The van der Waals surface area contributed by atoms with Gasteiger partial charge in [0.15, 0.2) is 0 Å². The average molecular weight is 414 g/mol. The minimum atomic E-state index is -0.309. The van der Waals surface area contributed by atoms with Crippen molar-refractivity contribution in [2.45, 2.75) is 52.1 Å². The third-order valence-electron chi connectivity index (χ3n) is 5.51. The van der Waals surface area contributed by atoms with Gasteiger partial charge in [0.2, 0.25) is 5.91 Å². The average Bonchev–Trinajstić information content (AvgIpc) is 3.10. The van der Waals surface area contributed by atoms with E-state index >= 15 is 0 Å². The van der Waals surface area contributed by atoms with Crippen LogP contribution in [0.2, 0.25) is 0 Å². The fraction of sp³-hybridized carbons (Fsp3) is 0.409. The van der Waals surface area contributed by atoms with Gasteiger partial charge in [-0.2, -0.15) is 0 Å². The van der Waals surface area contributed by atoms with Crippen molar-refractivity contribution in [1.82, 2.24) is 14.5 Å². The molecule has 2 heterocycles. The van der Waals surface area contributed by atoms with Gasteiger partial charge < -0.3 is 4.90 Å². The summed E-state index contributed by atoms with van der Waals surface area (Å²) in [5.41, 5.74) is 1.87. The molecule has 2 aromatic heterocycles. The van der Waals surface area contributed by atoms with Gasteiger partial charge in [0.1, 0.15) is 10.6 Å². The van der Waals surface area contributed by atoms with Crippen LogP contribution in [-0.2, 0) is 30.7 Å². The van der Waals surface area contributed by atoms with Crippen molar-refractivity contribution in [1.29, 1.82) is 0 Å². The zero-order chi connectivity index (χ0) is 20.4. The van der Waals surface area contributed by atoms with Gasteiger partial charge in [-0.05, 0) is 55.9 Å². The number of halogens is 1. The van der Waals surface area contributed by atoms with E-state index in [1.807, 2.05) is 6.92 Å². The summed E-state index contributed by atoms with van der Waals surface area (Å²) in [6.07, 6.45) is 6.01. The number of aryl methyl sites for hydroxylation is 3. The zero-order valence-corrected chi connectivity index (χ0v) is 17.3. The van der Waals surface area contributed by atoms with E-state index in [4.69, 9.17) is 0 Å². The van der Waals surface area contributed by atoms with Crippen LogP contribution in [0.25, 0.3) is 10.2 Å². The molecule has 0 unspecified atom stereocenters. The van der Waals surface area contributed by atoms with Gasteiger partial charge in [-0.25, -0.2) is 9.37 Å². The maximum Gasteiger partial charge on any atom is 0.262 e. The maximum absolute atomic E-state index is 13.4. The summed E-state index contributed by atoms with van der Waals surface area (Å²) in [5, 5.41) is 0.742. The maximum atomic E-state index is 13.4. The number of benzene rings is 1. The Morgan fingerprint density at radius 2 is 2.14 bits per heavy atom. The van der Waals surface area contributed by atoms with Crippen molar-refractivity contribution >= 4 is 27.5 Å². The summed E-state index contributed by atoms with van der Waals surface area (Å²) in [7, 11) is 0. The lowest BCUT2D eigenvalue weighted by Gasteiger charge is -2.21. The van der Waals surface area contributed by atoms with Crippen molar-refractivity contribution in [3.8, 4) is 0 Å². The van der Waals surface area contributed by atoms with E-state index in [1.54, 1.807) is 39.3 Å². The van der Waals surface area contributed by atoms with Crippen LogP contribution >= 0.6 is 11.3 Å². The third kappa shape index (κ3) is 4.10. The highest BCUT2D eigenvalue weighted by Crippen LogP contribution is 2.33. The molecule has 0 saturated carbocycles. The molecule has 152 valence electrons. The number of aromatic nitrogens is 2. The lowest BCUT2D eigenvalue weighted by Crippen LogP contribution is -2.32. The summed E-state index contributed by atoms with van der Waals surface area (Å²) in [4.78, 5) is 34.0. The standard InChI is InChI=1S/C22H24FN3O2S/c1-2-25(13-15-6-5-7-16(23)12-15)19(27)10-11-26-14-24-21-20(22(26)28)17-8-3-4-9-18(17)29-21/h5-7,12,14H,2-4,8-11,13H2,1H3. The Morgan fingerprint density at radius 1 is 1.31 bits per heavy atom. The first-order valence-corrected chi connectivity index (χ1v) is 10.9. The van der Waals surface area contributed by atoms with Crippen molar-refractivity contribution in [3.05, 3.63) is 62.8 Å². The fourth-order valence-corrected chi connectivity index (χ4v) is 5.17. The first kappa shape index (κ1) is 19.8. The smallest absolute Gasteiger partial charge is 0.262 e. The Kier molecular flexibility index (Phi) is 5.76. The highest BCUT2D eigenvalue weighted by Gasteiger charge is 2.20. The molecule has 0 radical (unpaired) electrons. The summed E-state index contributed by atoms with van der Waals surface area (Å²) in [5.74, 6) is -0.368. The van der Waals surface area contributed by atoms with Crippen molar-refractivity contribution < 1.29 is 9.18 Å². The number of carbonyl (C=O) groups excluding carboxylic acids is 1. The number of hydrogen-bond donors (Lipinski definition) is 0. The Balaban J connectivity index is 1.49. The molecular weight excluding hydrogens is 389 g/mol. The monoisotopic (exact) mass is 413 g/mol. The predicted octanol–water partition coefficient (Wildman–Crippen LogP) is 3.91. The molecule has 5 nitrogen and oxygen atoms in total. The van der Waals surface area contributed by atoms with E-state index in [2.05, 4.69) is 4.98 Å². The molecule has 4 rings (SSSR count). The number of rotatable bonds is 6. The molecule has 3 aromatic rings. The van der Waals surface area contributed by atoms with E-state index in [0.29, 0.717) is 19.6 Å². The van der Waals surface area contributed by atoms with Crippen molar-refractivity contribution in [3.63, 3.8) is 0 Å². The topological polar surface area (TPSA) is 55.2 Å². The van der Waals surface area contributed by atoms with Crippen LogP contribution in [0.15, 0.2) is 35.4 Å². The van der Waals surface area contributed by atoms with Crippen LogP contribution in [0.4, 0.5) is 4.39 Å². The number of nitrogens with zero attached hydrogens (tertiary/aromatic N) is 3. The molecule has 0 aliphatic heterocycles. The van der Waals surface area contributed by atoms with Gasteiger partial charge in [0, 0.05) is 30.9 Å². The molecule has 7 heteroatoms. The quantitative estimate of drug-likeness (QED) is 0.616. The molecule has 1 aromatic carbocycles. The van der Waals surface area contributed by atoms with Crippen LogP contribution in [0.3, 0.4) is 0 Å². The minimum Gasteiger partial charge on any atom is -0.339 e. The van der Waals surface area contributed by atoms with Crippen molar-refractivity contribution in [2.24, 2.45) is 0 Å². The number of amides is 1. The molecule has 0 fully saturated rings. The lowest BCUT2D eigenvalue weighted by atomic mass is 9.97. The zero-order valence-electron chi connectivity index (χ0n) is 16.5. The lowest BCUT2D eigenvalue weighted by molar-refractivity contribution is -0.131. The number of thiophene rings is 1. The van der Waals surface area contributed by atoms with Gasteiger partial charge in [-0.15, -0.1) is 11.3 Å². The first-order chi connectivity index (χ1) is 14.1. The van der Waals surface area contributed by atoms with Crippen LogP contribution < -0.4 is 5.56 Å². The normalized spacial score (nSPS) is 13.4. The number of carbonyl (C=O) groups is 1. The van der Waals surface area contributed by atoms with Crippen LogP contribution in [0.1, 0.15) is 42.2 Å². The van der Waals surface area contributed by atoms with E-state index in [1.165, 1.54) is 23.4 Å². The van der Waals surface area contributed by atoms with E-state index in [-0.39, 0.29) is 23.7 Å². The molecule has 1 aliphatic rings. The fourth-order valence-electron chi connectivity index (χ4n) is 3.95. The highest BCUT2D eigenvalue weighted by atomic mass is 32.1. The van der Waals surface area contributed by atoms with Crippen molar-refractivity contribution in [2.75, 3.05) is 6.54 Å².